The predicted octanol–water partition coefficient (Wildman–Crippen LogP) is 3.55. The molecule has 2 aromatic rings. The normalized spacial score (nSPS) is 15.0. The van der Waals surface area contributed by atoms with Crippen molar-refractivity contribution in [1.82, 2.24) is 10.2 Å². The van der Waals surface area contributed by atoms with Crippen LogP contribution in [-0.2, 0) is 0 Å². The van der Waals surface area contributed by atoms with Gasteiger partial charge in [-0.1, -0.05) is 29.8 Å². The van der Waals surface area contributed by atoms with Gasteiger partial charge in [-0.3, -0.25) is 9.69 Å². The highest BCUT2D eigenvalue weighted by Crippen LogP contribution is 2.17. The molecule has 4 nitrogen and oxygen atoms in total. The Hall–Kier alpha value is -2.33. The van der Waals surface area contributed by atoms with E-state index in [1.807, 2.05) is 32.0 Å². The van der Waals surface area contributed by atoms with Gasteiger partial charge in [-0.05, 0) is 63.1 Å². The third-order valence-corrected chi connectivity index (χ3v) is 5.31. The summed E-state index contributed by atoms with van der Waals surface area (Å²) in [5.41, 5.74) is 5.59. The first-order valence-corrected chi connectivity index (χ1v) is 9.92. The molecule has 1 heterocycles. The van der Waals surface area contributed by atoms with E-state index in [-0.39, 0.29) is 5.91 Å². The van der Waals surface area contributed by atoms with Gasteiger partial charge >= 0.3 is 0 Å². The minimum absolute atomic E-state index is 0.0421. The highest BCUT2D eigenvalue weighted by Gasteiger charge is 2.17. The van der Waals surface area contributed by atoms with Gasteiger partial charge < -0.3 is 10.2 Å². The summed E-state index contributed by atoms with van der Waals surface area (Å²) in [5.74, 6) is 0.0421. The molecule has 1 amide bonds. The maximum atomic E-state index is 12.4. The Balaban J connectivity index is 1.38. The molecule has 4 heteroatoms. The number of hydrogen-bond acceptors (Lipinski definition) is 3. The zero-order valence-corrected chi connectivity index (χ0v) is 16.8. The largest absolute Gasteiger partial charge is 0.369 e. The molecule has 27 heavy (non-hydrogen) atoms. The average molecular weight is 366 g/mol. The standard InChI is InChI=1S/C23H31N3O/c1-18-6-4-7-21(16-18)26-14-12-25(13-15-26)11-5-10-24-23(27)22-17-19(2)8-9-20(22)3/h4,6-9,16-17H,5,10-15H2,1-3H3,(H,24,27). The van der Waals surface area contributed by atoms with Crippen LogP contribution in [0.25, 0.3) is 0 Å². The van der Waals surface area contributed by atoms with Crippen molar-refractivity contribution in [2.45, 2.75) is 27.2 Å². The summed E-state index contributed by atoms with van der Waals surface area (Å²) >= 11 is 0. The van der Waals surface area contributed by atoms with Crippen LogP contribution in [0, 0.1) is 20.8 Å². The van der Waals surface area contributed by atoms with Crippen LogP contribution in [0.5, 0.6) is 0 Å². The number of amides is 1. The molecule has 1 aliphatic rings. The van der Waals surface area contributed by atoms with E-state index in [1.165, 1.54) is 11.3 Å². The van der Waals surface area contributed by atoms with Crippen LogP contribution < -0.4 is 10.2 Å². The summed E-state index contributed by atoms with van der Waals surface area (Å²) in [6.07, 6.45) is 0.987. The van der Waals surface area contributed by atoms with E-state index in [2.05, 4.69) is 46.3 Å². The highest BCUT2D eigenvalue weighted by atomic mass is 16.1. The summed E-state index contributed by atoms with van der Waals surface area (Å²) in [7, 11) is 0. The number of benzene rings is 2. The number of piperazine rings is 1. The maximum absolute atomic E-state index is 12.4. The molecule has 1 N–H and O–H groups in total. The van der Waals surface area contributed by atoms with Gasteiger partial charge in [0, 0.05) is 44.0 Å². The quantitative estimate of drug-likeness (QED) is 0.795. The van der Waals surface area contributed by atoms with Crippen molar-refractivity contribution >= 4 is 11.6 Å². The molecule has 144 valence electrons. The van der Waals surface area contributed by atoms with Crippen LogP contribution in [-0.4, -0.2) is 50.1 Å². The van der Waals surface area contributed by atoms with Crippen LogP contribution in [0.15, 0.2) is 42.5 Å². The number of nitrogens with one attached hydrogen (secondary N) is 1. The van der Waals surface area contributed by atoms with E-state index in [0.29, 0.717) is 0 Å². The average Bonchev–Trinajstić information content (AvgIpc) is 2.67. The molecule has 1 saturated heterocycles. The van der Waals surface area contributed by atoms with Crippen molar-refractivity contribution in [1.29, 1.82) is 0 Å². The summed E-state index contributed by atoms with van der Waals surface area (Å²) in [6.45, 7) is 12.2. The molecule has 0 aliphatic carbocycles. The number of hydrogen-bond donors (Lipinski definition) is 1. The predicted molar refractivity (Wildman–Crippen MR) is 113 cm³/mol. The van der Waals surface area contributed by atoms with E-state index in [4.69, 9.17) is 0 Å². The van der Waals surface area contributed by atoms with E-state index in [0.717, 1.165) is 62.4 Å². The van der Waals surface area contributed by atoms with Crippen molar-refractivity contribution in [3.8, 4) is 0 Å². The lowest BCUT2D eigenvalue weighted by molar-refractivity contribution is 0.0950. The van der Waals surface area contributed by atoms with Crippen molar-refractivity contribution in [3.05, 3.63) is 64.7 Å². The molecule has 0 unspecified atom stereocenters. The van der Waals surface area contributed by atoms with Gasteiger partial charge in [0.15, 0.2) is 0 Å². The second-order valence-electron chi connectivity index (χ2n) is 7.60. The lowest BCUT2D eigenvalue weighted by Crippen LogP contribution is -2.47. The van der Waals surface area contributed by atoms with Gasteiger partial charge in [-0.2, -0.15) is 0 Å². The number of aryl methyl sites for hydroxylation is 3. The Morgan fingerprint density at radius 2 is 1.70 bits per heavy atom. The second-order valence-corrected chi connectivity index (χ2v) is 7.60. The molecule has 0 radical (unpaired) electrons. The van der Waals surface area contributed by atoms with Gasteiger partial charge in [-0.25, -0.2) is 0 Å². The minimum Gasteiger partial charge on any atom is -0.369 e. The van der Waals surface area contributed by atoms with Crippen molar-refractivity contribution in [2.75, 3.05) is 44.2 Å². The van der Waals surface area contributed by atoms with E-state index >= 15 is 0 Å². The lowest BCUT2D eigenvalue weighted by Gasteiger charge is -2.36. The lowest BCUT2D eigenvalue weighted by atomic mass is 10.1. The second kappa shape index (κ2) is 9.05. The molecule has 0 bridgehead atoms. The number of rotatable bonds is 6. The van der Waals surface area contributed by atoms with Crippen molar-refractivity contribution in [2.24, 2.45) is 0 Å². The Morgan fingerprint density at radius 1 is 0.963 bits per heavy atom. The summed E-state index contributed by atoms with van der Waals surface area (Å²) < 4.78 is 0. The molecule has 0 spiro atoms. The van der Waals surface area contributed by atoms with Crippen LogP contribution >= 0.6 is 0 Å². The summed E-state index contributed by atoms with van der Waals surface area (Å²) in [5, 5.41) is 3.07. The molecular weight excluding hydrogens is 334 g/mol. The third kappa shape index (κ3) is 5.33. The molecule has 0 saturated carbocycles. The molecule has 0 atom stereocenters. The number of carbonyl (C=O) groups is 1. The van der Waals surface area contributed by atoms with Crippen LogP contribution in [0.4, 0.5) is 5.69 Å². The minimum atomic E-state index is 0.0421. The molecular formula is C23H31N3O. The number of anilines is 1. The van der Waals surface area contributed by atoms with Crippen molar-refractivity contribution in [3.63, 3.8) is 0 Å². The molecule has 2 aromatic carbocycles. The smallest absolute Gasteiger partial charge is 0.251 e. The SMILES string of the molecule is Cc1cccc(N2CCN(CCCNC(=O)c3cc(C)ccc3C)CC2)c1. The molecule has 3 rings (SSSR count). The first kappa shape index (κ1) is 19.4. The Labute approximate surface area is 163 Å². The Bertz CT molecular complexity index is 779. The van der Waals surface area contributed by atoms with Crippen LogP contribution in [0.2, 0.25) is 0 Å². The van der Waals surface area contributed by atoms with Crippen LogP contribution in [0.1, 0.15) is 33.5 Å². The first-order valence-electron chi connectivity index (χ1n) is 9.92. The van der Waals surface area contributed by atoms with Crippen LogP contribution in [0.3, 0.4) is 0 Å². The van der Waals surface area contributed by atoms with Gasteiger partial charge in [0.25, 0.3) is 5.91 Å². The van der Waals surface area contributed by atoms with E-state index < -0.39 is 0 Å². The fraction of sp³-hybridized carbons (Fsp3) is 0.435. The Morgan fingerprint density at radius 3 is 2.44 bits per heavy atom. The summed E-state index contributed by atoms with van der Waals surface area (Å²) in [6, 6.07) is 14.8. The van der Waals surface area contributed by atoms with Crippen molar-refractivity contribution < 1.29 is 4.79 Å². The zero-order chi connectivity index (χ0) is 19.2. The van der Waals surface area contributed by atoms with Gasteiger partial charge in [0.1, 0.15) is 0 Å². The first-order chi connectivity index (χ1) is 13.0. The highest BCUT2D eigenvalue weighted by molar-refractivity contribution is 5.95. The fourth-order valence-electron chi connectivity index (χ4n) is 3.63. The Kier molecular flexibility index (Phi) is 6.51. The van der Waals surface area contributed by atoms with Gasteiger partial charge in [0.2, 0.25) is 0 Å². The van der Waals surface area contributed by atoms with E-state index in [9.17, 15) is 4.79 Å². The fourth-order valence-corrected chi connectivity index (χ4v) is 3.63. The third-order valence-electron chi connectivity index (χ3n) is 5.31. The number of nitrogens with zero attached hydrogens (tertiary/aromatic N) is 2. The molecule has 1 aliphatic heterocycles. The molecule has 0 aromatic heterocycles. The van der Waals surface area contributed by atoms with Gasteiger partial charge in [0.05, 0.1) is 0 Å². The topological polar surface area (TPSA) is 35.6 Å². The maximum Gasteiger partial charge on any atom is 0.251 e. The number of carbonyl (C=O) groups excluding carboxylic acids is 1. The van der Waals surface area contributed by atoms with Gasteiger partial charge in [-0.15, -0.1) is 0 Å². The molecule has 1 fully saturated rings. The zero-order valence-electron chi connectivity index (χ0n) is 16.8. The van der Waals surface area contributed by atoms with E-state index in [1.54, 1.807) is 0 Å². The summed E-state index contributed by atoms with van der Waals surface area (Å²) in [4.78, 5) is 17.3. The monoisotopic (exact) mass is 365 g/mol.